The zero-order valence-corrected chi connectivity index (χ0v) is 9.50. The van der Waals surface area contributed by atoms with Gasteiger partial charge in [0.1, 0.15) is 6.10 Å². The maximum absolute atomic E-state index is 10.4. The number of rotatable bonds is 5. The van der Waals surface area contributed by atoms with E-state index in [0.29, 0.717) is 16.7 Å². The molecule has 0 aliphatic carbocycles. The molecule has 94 valence electrons. The van der Waals surface area contributed by atoms with Crippen molar-refractivity contribution in [2.45, 2.75) is 32.2 Å². The second-order valence-electron chi connectivity index (χ2n) is 3.90. The fourth-order valence-electron chi connectivity index (χ4n) is 1.69. The van der Waals surface area contributed by atoms with Gasteiger partial charge < -0.3 is 20.4 Å². The second-order valence-corrected chi connectivity index (χ2v) is 3.90. The van der Waals surface area contributed by atoms with Gasteiger partial charge in [-0.2, -0.15) is 0 Å². The molecule has 0 aliphatic heterocycles. The Morgan fingerprint density at radius 2 is 2.00 bits per heavy atom. The zero-order chi connectivity index (χ0) is 13.0. The van der Waals surface area contributed by atoms with Crippen molar-refractivity contribution >= 4 is 5.97 Å². The molecular weight excluding hydrogens is 224 g/mol. The predicted molar refractivity (Wildman–Crippen MR) is 60.3 cm³/mol. The van der Waals surface area contributed by atoms with Gasteiger partial charge in [0.15, 0.2) is 0 Å². The van der Waals surface area contributed by atoms with Gasteiger partial charge in [-0.1, -0.05) is 18.2 Å². The first kappa shape index (κ1) is 13.6. The Morgan fingerprint density at radius 3 is 2.53 bits per heavy atom. The number of benzene rings is 1. The second kappa shape index (κ2) is 5.77. The summed E-state index contributed by atoms with van der Waals surface area (Å²) in [5.74, 6) is -1.17. The van der Waals surface area contributed by atoms with Crippen LogP contribution in [0, 0.1) is 6.92 Å². The molecule has 0 saturated heterocycles. The Morgan fingerprint density at radius 1 is 1.35 bits per heavy atom. The van der Waals surface area contributed by atoms with E-state index in [9.17, 15) is 15.0 Å². The van der Waals surface area contributed by atoms with E-state index < -0.39 is 24.6 Å². The number of carboxylic acid groups (broad SMARTS) is 1. The van der Waals surface area contributed by atoms with Crippen LogP contribution in [0.5, 0.6) is 0 Å². The highest BCUT2D eigenvalue weighted by Gasteiger charge is 2.23. The smallest absolute Gasteiger partial charge is 0.306 e. The van der Waals surface area contributed by atoms with Crippen LogP contribution in [0.1, 0.15) is 29.2 Å². The first-order chi connectivity index (χ1) is 7.97. The summed E-state index contributed by atoms with van der Waals surface area (Å²) in [7, 11) is 0. The van der Waals surface area contributed by atoms with Crippen molar-refractivity contribution in [2.24, 2.45) is 0 Å². The van der Waals surface area contributed by atoms with E-state index in [-0.39, 0.29) is 6.61 Å². The Bertz CT molecular complexity index is 402. The molecule has 2 atom stereocenters. The lowest BCUT2D eigenvalue weighted by molar-refractivity contribution is -0.141. The maximum Gasteiger partial charge on any atom is 0.306 e. The van der Waals surface area contributed by atoms with Gasteiger partial charge in [0.05, 0.1) is 19.1 Å². The normalized spacial score (nSPS) is 14.4. The first-order valence-corrected chi connectivity index (χ1v) is 5.24. The highest BCUT2D eigenvalue weighted by Crippen LogP contribution is 2.24. The van der Waals surface area contributed by atoms with Crippen LogP contribution < -0.4 is 0 Å². The van der Waals surface area contributed by atoms with Crippen LogP contribution in [0.4, 0.5) is 0 Å². The molecule has 1 rings (SSSR count). The molecule has 0 amide bonds. The molecule has 0 spiro atoms. The highest BCUT2D eigenvalue weighted by atomic mass is 16.4. The van der Waals surface area contributed by atoms with Gasteiger partial charge in [-0.15, -0.1) is 0 Å². The number of aliphatic hydroxyl groups excluding tert-OH is 3. The quantitative estimate of drug-likeness (QED) is 0.595. The lowest BCUT2D eigenvalue weighted by Crippen LogP contribution is -2.22. The van der Waals surface area contributed by atoms with E-state index in [2.05, 4.69) is 0 Å². The van der Waals surface area contributed by atoms with Crippen LogP contribution in [0.15, 0.2) is 18.2 Å². The molecule has 0 bridgehead atoms. The van der Waals surface area contributed by atoms with Crippen LogP contribution >= 0.6 is 0 Å². The third-order valence-electron chi connectivity index (χ3n) is 2.73. The van der Waals surface area contributed by atoms with E-state index in [1.807, 2.05) is 0 Å². The van der Waals surface area contributed by atoms with Crippen molar-refractivity contribution < 1.29 is 25.2 Å². The van der Waals surface area contributed by atoms with E-state index in [0.717, 1.165) is 0 Å². The first-order valence-electron chi connectivity index (χ1n) is 5.24. The Balaban J connectivity index is 2.95. The van der Waals surface area contributed by atoms with E-state index in [1.54, 1.807) is 25.1 Å². The number of hydrogen-bond acceptors (Lipinski definition) is 4. The van der Waals surface area contributed by atoms with Crippen LogP contribution in [-0.2, 0) is 11.4 Å². The zero-order valence-electron chi connectivity index (χ0n) is 9.50. The molecule has 17 heavy (non-hydrogen) atoms. The molecule has 0 fully saturated rings. The minimum Gasteiger partial charge on any atom is -0.481 e. The Labute approximate surface area is 99.0 Å². The summed E-state index contributed by atoms with van der Waals surface area (Å²) in [6.07, 6.45) is -3.15. The molecular formula is C12H16O5. The van der Waals surface area contributed by atoms with Gasteiger partial charge in [0, 0.05) is 0 Å². The van der Waals surface area contributed by atoms with Gasteiger partial charge in [-0.05, 0) is 23.6 Å². The maximum atomic E-state index is 10.4. The summed E-state index contributed by atoms with van der Waals surface area (Å²) in [6.45, 7) is 1.54. The lowest BCUT2D eigenvalue weighted by Gasteiger charge is -2.19. The molecule has 5 nitrogen and oxygen atoms in total. The van der Waals surface area contributed by atoms with Crippen molar-refractivity contribution in [3.8, 4) is 0 Å². The standard InChI is InChI=1S/C12H16O5/c1-7-8(6-13)3-2-4-9(7)12(17)10(14)5-11(15)16/h2-4,10,12-14,17H,5-6H2,1H3,(H,15,16). The summed E-state index contributed by atoms with van der Waals surface area (Å²) >= 11 is 0. The SMILES string of the molecule is Cc1c(CO)cccc1C(O)C(O)CC(=O)O. The summed E-state index contributed by atoms with van der Waals surface area (Å²) in [5.41, 5.74) is 1.74. The molecule has 1 aromatic rings. The molecule has 0 aliphatic rings. The monoisotopic (exact) mass is 240 g/mol. The fourth-order valence-corrected chi connectivity index (χ4v) is 1.69. The summed E-state index contributed by atoms with van der Waals surface area (Å²) in [5, 5.41) is 37.0. The van der Waals surface area contributed by atoms with Gasteiger partial charge in [0.2, 0.25) is 0 Å². The lowest BCUT2D eigenvalue weighted by atomic mass is 9.95. The number of carbonyl (C=O) groups is 1. The number of carboxylic acids is 1. The largest absolute Gasteiger partial charge is 0.481 e. The van der Waals surface area contributed by atoms with Gasteiger partial charge in [-0.3, -0.25) is 4.79 Å². The van der Waals surface area contributed by atoms with Gasteiger partial charge in [0.25, 0.3) is 0 Å². The minimum atomic E-state index is -1.36. The van der Waals surface area contributed by atoms with Crippen LogP contribution in [0.25, 0.3) is 0 Å². The molecule has 0 heterocycles. The number of aliphatic carboxylic acids is 1. The van der Waals surface area contributed by atoms with E-state index >= 15 is 0 Å². The Hall–Kier alpha value is -1.43. The molecule has 2 unspecified atom stereocenters. The summed E-state index contributed by atoms with van der Waals surface area (Å²) in [4.78, 5) is 10.4. The van der Waals surface area contributed by atoms with Crippen LogP contribution in [-0.4, -0.2) is 32.5 Å². The molecule has 0 aromatic heterocycles. The van der Waals surface area contributed by atoms with Gasteiger partial charge in [-0.25, -0.2) is 0 Å². The van der Waals surface area contributed by atoms with Crippen LogP contribution in [0.2, 0.25) is 0 Å². The molecule has 1 aromatic carbocycles. The van der Waals surface area contributed by atoms with Crippen molar-refractivity contribution in [2.75, 3.05) is 0 Å². The van der Waals surface area contributed by atoms with Crippen molar-refractivity contribution in [1.82, 2.24) is 0 Å². The molecule has 5 heteroatoms. The van der Waals surface area contributed by atoms with E-state index in [1.165, 1.54) is 0 Å². The molecule has 4 N–H and O–H groups in total. The fraction of sp³-hybridized carbons (Fsp3) is 0.417. The Kier molecular flexibility index (Phi) is 4.62. The average Bonchev–Trinajstić information content (AvgIpc) is 2.27. The molecule has 0 radical (unpaired) electrons. The number of hydrogen-bond donors (Lipinski definition) is 4. The molecule has 0 saturated carbocycles. The highest BCUT2D eigenvalue weighted by molar-refractivity contribution is 5.67. The van der Waals surface area contributed by atoms with E-state index in [4.69, 9.17) is 10.2 Å². The van der Waals surface area contributed by atoms with Crippen molar-refractivity contribution in [3.63, 3.8) is 0 Å². The third kappa shape index (κ3) is 3.26. The third-order valence-corrected chi connectivity index (χ3v) is 2.73. The summed E-state index contributed by atoms with van der Waals surface area (Å²) < 4.78 is 0. The predicted octanol–water partition coefficient (Wildman–Crippen LogP) is 0.356. The van der Waals surface area contributed by atoms with Gasteiger partial charge >= 0.3 is 5.97 Å². The summed E-state index contributed by atoms with van der Waals surface area (Å²) in [6, 6.07) is 4.95. The average molecular weight is 240 g/mol. The van der Waals surface area contributed by atoms with Crippen molar-refractivity contribution in [3.05, 3.63) is 34.9 Å². The topological polar surface area (TPSA) is 98.0 Å². The van der Waals surface area contributed by atoms with Crippen molar-refractivity contribution in [1.29, 1.82) is 0 Å². The minimum absolute atomic E-state index is 0.165. The van der Waals surface area contributed by atoms with Crippen LogP contribution in [0.3, 0.4) is 0 Å². The number of aliphatic hydroxyl groups is 3.